The Bertz CT molecular complexity index is 932. The van der Waals surface area contributed by atoms with Gasteiger partial charge in [-0.3, -0.25) is 10.0 Å². The first-order valence-electron chi connectivity index (χ1n) is 10.2. The molecule has 196 valence electrons. The second-order valence-corrected chi connectivity index (χ2v) is 8.51. The lowest BCUT2D eigenvalue weighted by atomic mass is 9.85. The van der Waals surface area contributed by atoms with Gasteiger partial charge in [0.15, 0.2) is 0 Å². The summed E-state index contributed by atoms with van der Waals surface area (Å²) in [7, 11) is 0. The monoisotopic (exact) mass is 527 g/mol. The van der Waals surface area contributed by atoms with Gasteiger partial charge in [-0.15, -0.1) is 0 Å². The van der Waals surface area contributed by atoms with Crippen molar-refractivity contribution in [3.05, 3.63) is 33.9 Å². The van der Waals surface area contributed by atoms with Crippen molar-refractivity contribution in [1.82, 2.24) is 5.64 Å². The van der Waals surface area contributed by atoms with Crippen molar-refractivity contribution in [2.45, 2.75) is 38.5 Å². The van der Waals surface area contributed by atoms with Gasteiger partial charge in [0.05, 0.1) is 25.4 Å². The third-order valence-corrected chi connectivity index (χ3v) is 4.80. The molecule has 1 aromatic rings. The zero-order valence-corrected chi connectivity index (χ0v) is 19.8. The van der Waals surface area contributed by atoms with Crippen LogP contribution in [0.25, 0.3) is 6.08 Å². The summed E-state index contributed by atoms with van der Waals surface area (Å²) in [4.78, 5) is 28.2. The molecule has 2 N–H and O–H groups in total. The molecule has 35 heavy (non-hydrogen) atoms. The maximum Gasteiger partial charge on any atom is 0.511 e. The van der Waals surface area contributed by atoms with E-state index in [0.29, 0.717) is 10.6 Å². The van der Waals surface area contributed by atoms with Crippen molar-refractivity contribution in [1.29, 1.82) is 0 Å². The summed E-state index contributed by atoms with van der Waals surface area (Å²) in [6, 6.07) is 2.81. The lowest BCUT2D eigenvalue weighted by Crippen LogP contribution is -2.41. The van der Waals surface area contributed by atoms with Gasteiger partial charge in [0, 0.05) is 10.6 Å². The largest absolute Gasteiger partial charge is 0.511 e. The highest BCUT2D eigenvalue weighted by atomic mass is 35.5. The van der Waals surface area contributed by atoms with Gasteiger partial charge in [-0.1, -0.05) is 38.0 Å². The minimum Gasteiger partial charge on any atom is -0.475 e. The molecular formula is C21H25ClF3NO9. The predicted octanol–water partition coefficient (Wildman–Crippen LogP) is 3.93. The quantitative estimate of drug-likeness (QED) is 0.200. The number of esters is 1. The molecule has 1 heterocycles. The highest BCUT2D eigenvalue weighted by Crippen LogP contribution is 2.42. The summed E-state index contributed by atoms with van der Waals surface area (Å²) in [5.41, 5.74) is 0.889. The van der Waals surface area contributed by atoms with Gasteiger partial charge in [-0.2, -0.15) is 13.2 Å². The van der Waals surface area contributed by atoms with Crippen molar-refractivity contribution in [3.63, 3.8) is 0 Å². The summed E-state index contributed by atoms with van der Waals surface area (Å²) in [6.45, 7) is 4.40. The maximum absolute atomic E-state index is 13.6. The number of hydrogen-bond donors (Lipinski definition) is 2. The number of alkyl halides is 3. The fourth-order valence-electron chi connectivity index (χ4n) is 2.89. The maximum atomic E-state index is 13.6. The van der Waals surface area contributed by atoms with Crippen LogP contribution in [0.1, 0.15) is 31.9 Å². The van der Waals surface area contributed by atoms with Crippen LogP contribution in [0, 0.1) is 0 Å². The number of carbonyl (C=O) groups is 2. The van der Waals surface area contributed by atoms with Crippen LogP contribution in [0.4, 0.5) is 18.0 Å². The summed E-state index contributed by atoms with van der Waals surface area (Å²) < 4.78 is 64.8. The molecule has 0 aromatic heterocycles. The molecule has 10 nitrogen and oxygen atoms in total. The third kappa shape index (κ3) is 8.54. The number of nitrogens with one attached hydrogen (secondary N) is 1. The SMILES string of the molecule is CC(C)(C)c1cc2c(cc1Cl)C=C(C(=O)OCOC(=O)OCCOCCONO)C(C(F)(F)F)O2. The Morgan fingerprint density at radius 3 is 2.40 bits per heavy atom. The van der Waals surface area contributed by atoms with E-state index in [9.17, 15) is 22.8 Å². The lowest BCUT2D eigenvalue weighted by Gasteiger charge is -2.30. The molecule has 0 fully saturated rings. The Balaban J connectivity index is 1.98. The molecular weight excluding hydrogens is 503 g/mol. The van der Waals surface area contributed by atoms with Crippen LogP contribution in [-0.4, -0.2) is 62.8 Å². The number of ether oxygens (including phenoxy) is 5. The number of benzene rings is 1. The molecule has 0 spiro atoms. The van der Waals surface area contributed by atoms with Gasteiger partial charge in [0.25, 0.3) is 0 Å². The molecule has 0 saturated heterocycles. The van der Waals surface area contributed by atoms with Crippen LogP contribution in [-0.2, 0) is 34.0 Å². The first-order valence-corrected chi connectivity index (χ1v) is 10.6. The molecule has 1 atom stereocenters. The number of carbonyl (C=O) groups excluding carboxylic acids is 2. The van der Waals surface area contributed by atoms with Crippen LogP contribution >= 0.6 is 11.6 Å². The normalized spacial score (nSPS) is 15.5. The van der Waals surface area contributed by atoms with Gasteiger partial charge in [0.1, 0.15) is 12.4 Å². The number of rotatable bonds is 10. The Labute approximate surface area is 203 Å². The third-order valence-electron chi connectivity index (χ3n) is 4.49. The van der Waals surface area contributed by atoms with Gasteiger partial charge >= 0.3 is 18.3 Å². The molecule has 0 saturated carbocycles. The fraction of sp³-hybridized carbons (Fsp3) is 0.524. The van der Waals surface area contributed by atoms with E-state index in [1.165, 1.54) is 17.8 Å². The van der Waals surface area contributed by atoms with Crippen molar-refractivity contribution in [2.24, 2.45) is 0 Å². The van der Waals surface area contributed by atoms with E-state index >= 15 is 0 Å². The van der Waals surface area contributed by atoms with E-state index in [1.807, 2.05) is 20.8 Å². The summed E-state index contributed by atoms with van der Waals surface area (Å²) in [6.07, 6.45) is -7.78. The minimum atomic E-state index is -4.93. The standard InChI is InChI=1S/C21H25ClF3NO9/c1-20(2,3)14-10-16-12(9-15(14)22)8-13(17(35-16)21(23,24)25)18(27)32-11-33-19(28)31-6-4-30-5-7-34-26-29/h8-10,17,26,29H,4-7,11H2,1-3H3. The van der Waals surface area contributed by atoms with E-state index in [-0.39, 0.29) is 37.7 Å². The molecule has 0 aliphatic carbocycles. The highest BCUT2D eigenvalue weighted by Gasteiger charge is 2.49. The molecule has 0 bridgehead atoms. The first kappa shape index (κ1) is 28.7. The molecule has 1 aliphatic heterocycles. The molecule has 14 heteroatoms. The van der Waals surface area contributed by atoms with E-state index in [0.717, 1.165) is 6.08 Å². The Morgan fingerprint density at radius 1 is 1.09 bits per heavy atom. The Morgan fingerprint density at radius 2 is 1.77 bits per heavy atom. The topological polar surface area (TPSA) is 122 Å². The van der Waals surface area contributed by atoms with Gasteiger partial charge in [-0.05, 0) is 29.2 Å². The zero-order valence-electron chi connectivity index (χ0n) is 19.1. The zero-order chi connectivity index (χ0) is 26.2. The van der Waals surface area contributed by atoms with Crippen molar-refractivity contribution in [3.8, 4) is 5.75 Å². The summed E-state index contributed by atoms with van der Waals surface area (Å²) >= 11 is 6.28. The number of fused-ring (bicyclic) bond motifs is 1. The second kappa shape index (κ2) is 12.4. The Hall–Kier alpha value is -2.58. The average Bonchev–Trinajstić information content (AvgIpc) is 2.75. The molecule has 0 amide bonds. The highest BCUT2D eigenvalue weighted by molar-refractivity contribution is 6.31. The molecule has 2 rings (SSSR count). The number of halogens is 4. The van der Waals surface area contributed by atoms with E-state index in [4.69, 9.17) is 26.3 Å². The van der Waals surface area contributed by atoms with Crippen LogP contribution in [0.15, 0.2) is 17.7 Å². The average molecular weight is 528 g/mol. The summed E-state index contributed by atoms with van der Waals surface area (Å²) in [5, 5.41) is 8.46. The smallest absolute Gasteiger partial charge is 0.475 e. The lowest BCUT2D eigenvalue weighted by molar-refractivity contribution is -0.189. The number of hydrogen-bond acceptors (Lipinski definition) is 10. The van der Waals surface area contributed by atoms with E-state index in [1.54, 1.807) is 0 Å². The molecule has 1 aromatic carbocycles. The Kier molecular flexibility index (Phi) is 10.2. The van der Waals surface area contributed by atoms with Crippen LogP contribution in [0.2, 0.25) is 5.02 Å². The molecule has 0 radical (unpaired) electrons. The van der Waals surface area contributed by atoms with Crippen molar-refractivity contribution < 1.29 is 56.5 Å². The van der Waals surface area contributed by atoms with Crippen molar-refractivity contribution >= 4 is 29.8 Å². The molecule has 1 unspecified atom stereocenters. The van der Waals surface area contributed by atoms with E-state index < -0.39 is 42.2 Å². The van der Waals surface area contributed by atoms with Crippen LogP contribution < -0.4 is 10.4 Å². The minimum absolute atomic E-state index is 0.0277. The van der Waals surface area contributed by atoms with Gasteiger partial charge in [-0.25, -0.2) is 9.59 Å². The summed E-state index contributed by atoms with van der Waals surface area (Å²) in [5.74, 6) is -1.48. The van der Waals surface area contributed by atoms with Crippen molar-refractivity contribution in [2.75, 3.05) is 33.2 Å². The second-order valence-electron chi connectivity index (χ2n) is 8.10. The fourth-order valence-corrected chi connectivity index (χ4v) is 3.35. The van der Waals surface area contributed by atoms with Gasteiger partial charge in [0.2, 0.25) is 12.9 Å². The van der Waals surface area contributed by atoms with Crippen LogP contribution in [0.3, 0.4) is 0 Å². The molecule has 1 aliphatic rings. The van der Waals surface area contributed by atoms with Crippen LogP contribution in [0.5, 0.6) is 5.75 Å². The van der Waals surface area contributed by atoms with Gasteiger partial charge < -0.3 is 23.7 Å². The van der Waals surface area contributed by atoms with E-state index in [2.05, 4.69) is 19.0 Å². The predicted molar refractivity (Wildman–Crippen MR) is 114 cm³/mol. The first-order chi connectivity index (χ1) is 16.3.